The monoisotopic (exact) mass is 1300 g/mol. The fourth-order valence-electron chi connectivity index (χ4n) is 12.2. The predicted molar refractivity (Wildman–Crippen MR) is 336 cm³/mol. The van der Waals surface area contributed by atoms with Gasteiger partial charge in [0.25, 0.3) is 11.7 Å². The number of hydrogen-bond donors (Lipinski definition) is 6. The number of nitrogens with zero attached hydrogens (tertiary/aromatic N) is 1. The number of aliphatic hydroxyl groups is 2. The van der Waals surface area contributed by atoms with Gasteiger partial charge < -0.3 is 69.5 Å². The molecule has 25 heteroatoms. The minimum Gasteiger partial charge on any atom is -0.481 e. The van der Waals surface area contributed by atoms with Gasteiger partial charge in [-0.15, -0.1) is 11.8 Å². The Morgan fingerprint density at radius 3 is 2.24 bits per heavy atom. The molecule has 512 valence electrons. The molecule has 0 radical (unpaired) electrons. The number of fused-ring (bicyclic) bond motifs is 3. The van der Waals surface area contributed by atoms with Gasteiger partial charge in [0.2, 0.25) is 11.7 Å². The molecule has 0 aromatic heterocycles. The van der Waals surface area contributed by atoms with Crippen molar-refractivity contribution in [3.63, 3.8) is 0 Å². The van der Waals surface area contributed by atoms with Crippen molar-refractivity contribution in [3.05, 3.63) is 47.6 Å². The Hall–Kier alpha value is -5.51. The van der Waals surface area contributed by atoms with Gasteiger partial charge in [0.05, 0.1) is 49.2 Å². The van der Waals surface area contributed by atoms with Crippen LogP contribution >= 0.6 is 11.8 Å². The van der Waals surface area contributed by atoms with Gasteiger partial charge >= 0.3 is 23.9 Å². The number of carbonyl (C=O) groups is 10. The minimum absolute atomic E-state index is 0.0112. The molecule has 2 saturated heterocycles. The van der Waals surface area contributed by atoms with E-state index in [2.05, 4.69) is 5.32 Å². The molecular weight excluding hydrogens is 1200 g/mol. The van der Waals surface area contributed by atoms with Crippen molar-refractivity contribution >= 4 is 70.6 Å². The molecule has 4 rings (SSSR count). The molecule has 17 atom stereocenters. The van der Waals surface area contributed by atoms with Crippen LogP contribution in [0.3, 0.4) is 0 Å². The van der Waals surface area contributed by atoms with Crippen LogP contribution < -0.4 is 11.1 Å². The first-order valence-corrected chi connectivity index (χ1v) is 33.1. The number of amides is 2. The number of esters is 2. The standard InChI is InChI=1S/C66H101N3O21S/c1-38-16-12-11-13-17-39(2)53(84-8)34-46-21-19-44(7)66(83,90-46)62(78)63(79)69-27-15-14-18-49(69)65(82)89-54(35-51(71)40(3)31-43(6)60(77)61(86-10)59(76)42(5)30-38)41(4)32-45-20-24-52(55(33-45)85-9)87-28-29-88-58(75)37-91-36-48(50(70)23-26-57(73)74)68-56(72)25-22-47(67)64(80)81/h11-13,16-17,31,38,40-42,44-49,52-55,60-61,77,83H,14-15,18-30,32-37,67H2,1-10H3,(H,68,72)(H,73,74)(H,80,81)/b13-11+,16-12+,39-17+,43-31+/t38-,40-,41-,42-,44-,45+,46+,47+,48+,49+,52-,53+,54+,55-,60-,61+,66-/m1/s1. The van der Waals surface area contributed by atoms with Gasteiger partial charge in [-0.05, 0) is 113 Å². The first-order valence-electron chi connectivity index (χ1n) is 31.9. The highest BCUT2D eigenvalue weighted by Gasteiger charge is 2.53. The van der Waals surface area contributed by atoms with Crippen LogP contribution in [0.4, 0.5) is 0 Å². The zero-order valence-corrected chi connectivity index (χ0v) is 55.5. The quantitative estimate of drug-likeness (QED) is 0.0314. The average molecular weight is 1300 g/mol. The molecule has 3 aliphatic heterocycles. The third kappa shape index (κ3) is 24.4. The Labute approximate surface area is 539 Å². The van der Waals surface area contributed by atoms with Crippen molar-refractivity contribution in [1.82, 2.24) is 10.2 Å². The zero-order chi connectivity index (χ0) is 67.7. The number of nitrogens with two attached hydrogens (primary N) is 1. The van der Waals surface area contributed by atoms with Gasteiger partial charge in [0.15, 0.2) is 11.6 Å². The number of carboxylic acids is 2. The Morgan fingerprint density at radius 1 is 0.846 bits per heavy atom. The van der Waals surface area contributed by atoms with E-state index in [4.69, 9.17) is 49.1 Å². The number of allylic oxidation sites excluding steroid dienone is 6. The van der Waals surface area contributed by atoms with Crippen molar-refractivity contribution < 1.29 is 102 Å². The maximum absolute atomic E-state index is 14.7. The van der Waals surface area contributed by atoms with E-state index >= 15 is 0 Å². The number of methoxy groups -OCH3 is 3. The Kier molecular flexibility index (Phi) is 33.1. The first-order chi connectivity index (χ1) is 43.0. The molecule has 2 amide bonds. The number of aliphatic hydroxyl groups excluding tert-OH is 1. The van der Waals surface area contributed by atoms with Gasteiger partial charge in [-0.3, -0.25) is 43.2 Å². The van der Waals surface area contributed by atoms with Crippen molar-refractivity contribution in [1.29, 1.82) is 0 Å². The van der Waals surface area contributed by atoms with E-state index < -0.39 is 144 Å². The second-order valence-corrected chi connectivity index (χ2v) is 26.2. The van der Waals surface area contributed by atoms with E-state index in [1.807, 2.05) is 51.2 Å². The molecule has 0 aromatic rings. The molecule has 2 bridgehead atoms. The zero-order valence-electron chi connectivity index (χ0n) is 54.7. The van der Waals surface area contributed by atoms with E-state index in [1.165, 1.54) is 7.11 Å². The summed E-state index contributed by atoms with van der Waals surface area (Å²) in [6, 6.07) is -3.67. The molecule has 3 fully saturated rings. The number of aliphatic carboxylic acids is 2. The normalized spacial score (nSPS) is 32.7. The minimum atomic E-state index is -2.50. The number of cyclic esters (lactones) is 1. The van der Waals surface area contributed by atoms with Crippen molar-refractivity contribution in [2.24, 2.45) is 41.2 Å². The first kappa shape index (κ1) is 77.9. The van der Waals surface area contributed by atoms with Crippen molar-refractivity contribution in [2.45, 2.75) is 218 Å². The number of carboxylic acid groups (broad SMARTS) is 2. The SMILES string of the molecule is CO[C@H]1C[C@@H]2CC[C@@H](C)[C@@](O)(O2)C(=O)C(=O)N2CCCC[C@H]2C(=O)O[C@H]([C@H](C)C[C@@H]2CC[C@@H](OCCOC(=O)CSC[C@H](NC(=O)CC[C@H](N)C(=O)O)C(=O)CCC(=O)O)[C@H](OC)C2)CC(=O)[C@H](C)/C=C(\C)[C@@H](O)[C@@H](OC)C(=O)[C@H](C)C[C@H](C)/C=C/C=C/C=C/1C. The summed E-state index contributed by atoms with van der Waals surface area (Å²) in [4.78, 5) is 133. The summed E-state index contributed by atoms with van der Waals surface area (Å²) < 4.78 is 41.5. The number of Topliss-reactive ketones (excluding diaryl/α,β-unsaturated/α-hetero) is 4. The molecular formula is C66H101N3O21S. The van der Waals surface area contributed by atoms with E-state index in [9.17, 15) is 58.2 Å². The second-order valence-electron chi connectivity index (χ2n) is 25.1. The smallest absolute Gasteiger partial charge is 0.329 e. The molecule has 24 nitrogen and oxygen atoms in total. The number of carbonyl (C=O) groups excluding carboxylic acids is 8. The molecule has 0 spiro atoms. The van der Waals surface area contributed by atoms with E-state index in [0.717, 1.165) is 22.2 Å². The highest BCUT2D eigenvalue weighted by atomic mass is 32.2. The largest absolute Gasteiger partial charge is 0.481 e. The lowest BCUT2D eigenvalue weighted by molar-refractivity contribution is -0.265. The van der Waals surface area contributed by atoms with Crippen LogP contribution in [0.2, 0.25) is 0 Å². The van der Waals surface area contributed by atoms with E-state index in [0.29, 0.717) is 63.4 Å². The Morgan fingerprint density at radius 2 is 1.57 bits per heavy atom. The predicted octanol–water partition coefficient (Wildman–Crippen LogP) is 5.59. The summed E-state index contributed by atoms with van der Waals surface area (Å²) in [5.74, 6) is -13.5. The van der Waals surface area contributed by atoms with E-state index in [1.54, 1.807) is 48.0 Å². The van der Waals surface area contributed by atoms with Crippen LogP contribution in [0.1, 0.15) is 151 Å². The molecule has 7 N–H and O–H groups in total. The number of thioether (sulfide) groups is 1. The van der Waals surface area contributed by atoms with Gasteiger partial charge in [0, 0.05) is 77.1 Å². The van der Waals surface area contributed by atoms with Crippen LogP contribution in [-0.4, -0.2) is 203 Å². The second kappa shape index (κ2) is 38.6. The highest BCUT2D eigenvalue weighted by molar-refractivity contribution is 8.00. The topological polar surface area (TPSA) is 358 Å². The third-order valence-electron chi connectivity index (χ3n) is 17.9. The van der Waals surface area contributed by atoms with E-state index in [-0.39, 0.29) is 93.2 Å². The summed E-state index contributed by atoms with van der Waals surface area (Å²) in [7, 11) is 4.45. The molecule has 91 heavy (non-hydrogen) atoms. The lowest BCUT2D eigenvalue weighted by Gasteiger charge is -2.42. The van der Waals surface area contributed by atoms with Crippen LogP contribution in [0, 0.1) is 35.5 Å². The lowest BCUT2D eigenvalue weighted by Crippen LogP contribution is -2.61. The van der Waals surface area contributed by atoms with Crippen LogP contribution in [0.5, 0.6) is 0 Å². The maximum atomic E-state index is 14.7. The average Bonchev–Trinajstić information content (AvgIpc) is 0.861. The molecule has 1 aliphatic carbocycles. The fraction of sp³-hybridized carbons (Fsp3) is 0.727. The summed E-state index contributed by atoms with van der Waals surface area (Å²) >= 11 is 0.977. The summed E-state index contributed by atoms with van der Waals surface area (Å²) in [6.45, 7) is 12.3. The number of ketones is 4. The van der Waals surface area contributed by atoms with Crippen LogP contribution in [0.15, 0.2) is 47.6 Å². The number of rotatable bonds is 23. The Bertz CT molecular complexity index is 2610. The van der Waals surface area contributed by atoms with Crippen molar-refractivity contribution in [2.75, 3.05) is 52.6 Å². The number of hydrogen-bond acceptors (Lipinski definition) is 21. The summed E-state index contributed by atoms with van der Waals surface area (Å²) in [5, 5.41) is 44.3. The molecule has 1 saturated carbocycles. The number of ether oxygens (including phenoxy) is 7. The lowest BCUT2D eigenvalue weighted by atomic mass is 9.78. The summed E-state index contributed by atoms with van der Waals surface area (Å²) in [6.07, 6.45) is 8.68. The van der Waals surface area contributed by atoms with Gasteiger partial charge in [0.1, 0.15) is 42.8 Å². The molecule has 0 aromatic carbocycles. The third-order valence-corrected chi connectivity index (χ3v) is 19.0. The molecule has 4 aliphatic rings. The van der Waals surface area contributed by atoms with Gasteiger partial charge in [-0.25, -0.2) is 4.79 Å². The number of nitrogens with one attached hydrogen (secondary N) is 1. The Balaban J connectivity index is 1.51. The molecule has 0 unspecified atom stereocenters. The number of piperidine rings is 1. The summed E-state index contributed by atoms with van der Waals surface area (Å²) in [5.41, 5.74) is 6.66. The van der Waals surface area contributed by atoms with Crippen molar-refractivity contribution in [3.8, 4) is 0 Å². The molecule has 3 heterocycles. The van der Waals surface area contributed by atoms with Crippen LogP contribution in [0.25, 0.3) is 0 Å². The van der Waals surface area contributed by atoms with Gasteiger partial charge in [-0.1, -0.05) is 71.1 Å². The van der Waals surface area contributed by atoms with Crippen LogP contribution in [-0.2, 0) is 81.1 Å². The highest BCUT2D eigenvalue weighted by Crippen LogP contribution is 2.38. The maximum Gasteiger partial charge on any atom is 0.329 e. The van der Waals surface area contributed by atoms with Gasteiger partial charge in [-0.2, -0.15) is 0 Å². The fourth-order valence-corrected chi connectivity index (χ4v) is 13.1.